The van der Waals surface area contributed by atoms with Crippen LogP contribution in [0.5, 0.6) is 0 Å². The molecule has 1 atom stereocenters. The fourth-order valence-electron chi connectivity index (χ4n) is 8.27. The van der Waals surface area contributed by atoms with Crippen LogP contribution in [0, 0.1) is 0 Å². The van der Waals surface area contributed by atoms with Crippen molar-refractivity contribution < 1.29 is 4.42 Å². The van der Waals surface area contributed by atoms with E-state index in [2.05, 4.69) is 163 Å². The second-order valence-corrected chi connectivity index (χ2v) is 14.2. The van der Waals surface area contributed by atoms with Crippen LogP contribution < -0.4 is 5.32 Å². The number of benzene rings is 9. The molecule has 2 heterocycles. The summed E-state index contributed by atoms with van der Waals surface area (Å²) in [4.78, 5) is 10.3. The zero-order valence-electron chi connectivity index (χ0n) is 29.8. The summed E-state index contributed by atoms with van der Waals surface area (Å²) in [7, 11) is 0. The molecule has 4 nitrogen and oxygen atoms in total. The summed E-state index contributed by atoms with van der Waals surface area (Å²) < 4.78 is 6.63. The minimum Gasteiger partial charge on any atom is -0.456 e. The number of hydrogen-bond acceptors (Lipinski definition) is 4. The first-order valence-corrected chi connectivity index (χ1v) is 18.7. The summed E-state index contributed by atoms with van der Waals surface area (Å²) in [5.41, 5.74) is 9.29. The van der Waals surface area contributed by atoms with Crippen molar-refractivity contribution in [2.45, 2.75) is 6.17 Å². The lowest BCUT2D eigenvalue weighted by atomic mass is 9.92. The quantitative estimate of drug-likeness (QED) is 0.181. The Kier molecular flexibility index (Phi) is 7.20. The number of nitrogens with zero attached hydrogens (tertiary/aromatic N) is 2. The highest BCUT2D eigenvalue weighted by molar-refractivity contribution is 6.26. The molecule has 1 unspecified atom stereocenters. The number of rotatable bonds is 5. The third-order valence-corrected chi connectivity index (χ3v) is 10.9. The molecule has 0 fully saturated rings. The van der Waals surface area contributed by atoms with Gasteiger partial charge in [0.25, 0.3) is 0 Å². The van der Waals surface area contributed by atoms with Gasteiger partial charge in [0.05, 0.1) is 0 Å². The van der Waals surface area contributed by atoms with E-state index in [-0.39, 0.29) is 6.17 Å². The van der Waals surface area contributed by atoms with Crippen molar-refractivity contribution in [1.29, 1.82) is 0 Å². The van der Waals surface area contributed by atoms with Crippen LogP contribution in [-0.4, -0.2) is 11.7 Å². The first-order chi connectivity index (χ1) is 27.2. The first-order valence-electron chi connectivity index (χ1n) is 18.7. The standard InChI is InChI=1S/C51H33N3O/c1-3-12-32(13-4-1)33-22-24-35(25-23-33)50-52-49(34-14-5-2-6-15-34)53-51(54-50)44-20-11-21-46-48(44)43-29-27-37(31-47(43)55-46)36-26-28-42-40-18-8-7-16-38(40)39-17-9-10-19-41(39)45(42)30-36/h1-31,51H,(H,52,53,54). The summed E-state index contributed by atoms with van der Waals surface area (Å²) in [6, 6.07) is 66.3. The molecule has 55 heavy (non-hydrogen) atoms. The van der Waals surface area contributed by atoms with Gasteiger partial charge in [-0.1, -0.05) is 164 Å². The van der Waals surface area contributed by atoms with E-state index in [0.29, 0.717) is 5.84 Å². The highest BCUT2D eigenvalue weighted by Gasteiger charge is 2.25. The lowest BCUT2D eigenvalue weighted by molar-refractivity contribution is 0.662. The van der Waals surface area contributed by atoms with Gasteiger partial charge in [0.15, 0.2) is 5.84 Å². The van der Waals surface area contributed by atoms with Crippen LogP contribution in [-0.2, 0) is 0 Å². The molecule has 0 bridgehead atoms. The Morgan fingerprint density at radius 2 is 0.909 bits per heavy atom. The van der Waals surface area contributed by atoms with Crippen LogP contribution in [0.2, 0.25) is 0 Å². The number of nitrogens with one attached hydrogen (secondary N) is 1. The lowest BCUT2D eigenvalue weighted by Gasteiger charge is -2.24. The molecule has 4 heteroatoms. The van der Waals surface area contributed by atoms with Crippen LogP contribution in [0.25, 0.3) is 76.5 Å². The molecule has 0 amide bonds. The molecule has 1 aliphatic heterocycles. The van der Waals surface area contributed by atoms with Gasteiger partial charge in [-0.15, -0.1) is 0 Å². The minimum atomic E-state index is -0.385. The summed E-state index contributed by atoms with van der Waals surface area (Å²) >= 11 is 0. The van der Waals surface area contributed by atoms with Gasteiger partial charge < -0.3 is 9.73 Å². The average Bonchev–Trinajstić information content (AvgIpc) is 3.65. The van der Waals surface area contributed by atoms with Crippen molar-refractivity contribution in [3.05, 3.63) is 205 Å². The lowest BCUT2D eigenvalue weighted by Crippen LogP contribution is -2.33. The van der Waals surface area contributed by atoms with E-state index in [1.54, 1.807) is 0 Å². The van der Waals surface area contributed by atoms with E-state index in [1.807, 2.05) is 30.3 Å². The SMILES string of the molecule is c1ccc(C2=NC(c3cccc4oc5cc(-c6ccc7c8ccccc8c8ccccc8c7c6)ccc5c34)NC(c3ccc(-c4ccccc4)cc3)=N2)cc1. The van der Waals surface area contributed by atoms with E-state index < -0.39 is 0 Å². The Bertz CT molecular complexity index is 3120. The van der Waals surface area contributed by atoms with Crippen LogP contribution >= 0.6 is 0 Å². The summed E-state index contributed by atoms with van der Waals surface area (Å²) in [6.07, 6.45) is -0.385. The maximum atomic E-state index is 6.63. The number of fused-ring (bicyclic) bond motifs is 9. The molecule has 10 aromatic rings. The number of furan rings is 1. The Morgan fingerprint density at radius 1 is 0.382 bits per heavy atom. The van der Waals surface area contributed by atoms with Gasteiger partial charge in [0, 0.05) is 27.5 Å². The van der Waals surface area contributed by atoms with Crippen LogP contribution in [0.15, 0.2) is 202 Å². The predicted molar refractivity (Wildman–Crippen MR) is 229 cm³/mol. The van der Waals surface area contributed by atoms with Crippen molar-refractivity contribution >= 4 is 65.9 Å². The summed E-state index contributed by atoms with van der Waals surface area (Å²) in [6.45, 7) is 0. The minimum absolute atomic E-state index is 0.385. The third kappa shape index (κ3) is 5.30. The molecule has 1 aliphatic rings. The smallest absolute Gasteiger partial charge is 0.159 e. The first kappa shape index (κ1) is 31.2. The largest absolute Gasteiger partial charge is 0.456 e. The zero-order chi connectivity index (χ0) is 36.3. The Morgan fingerprint density at radius 3 is 1.60 bits per heavy atom. The predicted octanol–water partition coefficient (Wildman–Crippen LogP) is 12.9. The molecule has 11 rings (SSSR count). The van der Waals surface area contributed by atoms with Crippen molar-refractivity contribution in [2.75, 3.05) is 0 Å². The van der Waals surface area contributed by atoms with Gasteiger partial charge in [-0.25, -0.2) is 9.98 Å². The Balaban J connectivity index is 1.01. The molecular formula is C51H33N3O. The molecular weight excluding hydrogens is 671 g/mol. The van der Waals surface area contributed by atoms with Crippen LogP contribution in [0.1, 0.15) is 22.9 Å². The second kappa shape index (κ2) is 12.7. The van der Waals surface area contributed by atoms with Crippen molar-refractivity contribution in [3.63, 3.8) is 0 Å². The van der Waals surface area contributed by atoms with Gasteiger partial charge in [-0.05, 0) is 78.8 Å². The van der Waals surface area contributed by atoms with Crippen molar-refractivity contribution in [1.82, 2.24) is 5.32 Å². The van der Waals surface area contributed by atoms with Crippen LogP contribution in [0.4, 0.5) is 0 Å². The van der Waals surface area contributed by atoms with E-state index in [4.69, 9.17) is 14.4 Å². The summed E-state index contributed by atoms with van der Waals surface area (Å²) in [5, 5.41) is 13.4. The molecule has 258 valence electrons. The number of aliphatic imine (C=N–C) groups is 2. The van der Waals surface area contributed by atoms with E-state index in [0.717, 1.165) is 61.2 Å². The zero-order valence-corrected chi connectivity index (χ0v) is 29.8. The van der Waals surface area contributed by atoms with Crippen LogP contribution in [0.3, 0.4) is 0 Å². The Hall–Kier alpha value is -7.30. The molecule has 1 N–H and O–H groups in total. The van der Waals surface area contributed by atoms with Crippen molar-refractivity contribution in [3.8, 4) is 22.3 Å². The molecule has 0 aliphatic carbocycles. The molecule has 0 saturated heterocycles. The van der Waals surface area contributed by atoms with E-state index >= 15 is 0 Å². The number of hydrogen-bond donors (Lipinski definition) is 1. The monoisotopic (exact) mass is 703 g/mol. The molecule has 0 spiro atoms. The van der Waals surface area contributed by atoms with E-state index in [1.165, 1.54) is 37.9 Å². The molecule has 1 aromatic heterocycles. The van der Waals surface area contributed by atoms with Gasteiger partial charge in [-0.3, -0.25) is 0 Å². The van der Waals surface area contributed by atoms with Gasteiger partial charge in [-0.2, -0.15) is 0 Å². The van der Waals surface area contributed by atoms with Crippen molar-refractivity contribution in [2.24, 2.45) is 9.98 Å². The molecule has 9 aromatic carbocycles. The van der Waals surface area contributed by atoms with E-state index in [9.17, 15) is 0 Å². The Labute approximate surface area is 317 Å². The fraction of sp³-hybridized carbons (Fsp3) is 0.0196. The summed E-state index contributed by atoms with van der Waals surface area (Å²) in [5.74, 6) is 1.47. The highest BCUT2D eigenvalue weighted by atomic mass is 16.3. The highest BCUT2D eigenvalue weighted by Crippen LogP contribution is 2.40. The van der Waals surface area contributed by atoms with Gasteiger partial charge >= 0.3 is 0 Å². The fourth-order valence-corrected chi connectivity index (χ4v) is 8.27. The normalized spacial score (nSPS) is 14.4. The topological polar surface area (TPSA) is 49.9 Å². The maximum Gasteiger partial charge on any atom is 0.159 e. The maximum absolute atomic E-state index is 6.63. The average molecular weight is 704 g/mol. The third-order valence-electron chi connectivity index (χ3n) is 10.9. The molecule has 0 saturated carbocycles. The second-order valence-electron chi connectivity index (χ2n) is 14.2. The molecule has 0 radical (unpaired) electrons. The van der Waals surface area contributed by atoms with Gasteiger partial charge in [0.1, 0.15) is 23.2 Å². The number of amidine groups is 2. The van der Waals surface area contributed by atoms with Gasteiger partial charge in [0.2, 0.25) is 0 Å².